The largest absolute Gasteiger partial charge is 0.459 e. The van der Waals surface area contributed by atoms with Crippen LogP contribution in [0, 0.1) is 44.1 Å². The Bertz CT molecular complexity index is 1520. The van der Waals surface area contributed by atoms with Gasteiger partial charge in [0, 0.05) is 64.4 Å². The molecule has 2 aromatic carbocycles. The summed E-state index contributed by atoms with van der Waals surface area (Å²) in [5.74, 6) is -0.564. The molecule has 4 aromatic rings. The summed E-state index contributed by atoms with van der Waals surface area (Å²) in [4.78, 5) is 36.1. The van der Waals surface area contributed by atoms with Crippen molar-refractivity contribution in [1.82, 2.24) is 5.32 Å². The van der Waals surface area contributed by atoms with Gasteiger partial charge in [-0.1, -0.05) is 68.1 Å². The number of carbonyl (C=O) groups is 3. The first-order valence-electron chi connectivity index (χ1n) is 15.0. The number of benzene rings is 2. The molecule has 2 heterocycles. The van der Waals surface area contributed by atoms with Crippen LogP contribution in [0.4, 0.5) is 0 Å². The summed E-state index contributed by atoms with van der Waals surface area (Å²) in [6, 6.07) is 22.6. The van der Waals surface area contributed by atoms with Gasteiger partial charge in [0.1, 0.15) is 23.3 Å². The van der Waals surface area contributed by atoms with Gasteiger partial charge in [0.05, 0.1) is 4.88 Å². The number of hydrogen-bond donors (Lipinski definition) is 2. The van der Waals surface area contributed by atoms with Crippen LogP contribution in [0.3, 0.4) is 0 Å². The van der Waals surface area contributed by atoms with Crippen molar-refractivity contribution in [2.45, 2.75) is 91.6 Å². The molecule has 0 spiro atoms. The van der Waals surface area contributed by atoms with Crippen LogP contribution in [0.1, 0.15) is 74.6 Å². The molecule has 273 valence electrons. The summed E-state index contributed by atoms with van der Waals surface area (Å²) < 4.78 is 12.7. The smallest absolute Gasteiger partial charge is 0.324 e. The molecule has 0 aliphatic carbocycles. The van der Waals surface area contributed by atoms with Crippen LogP contribution in [0.25, 0.3) is 0 Å². The fourth-order valence-electron chi connectivity index (χ4n) is 3.85. The Kier molecular flexibility index (Phi) is 26.1. The van der Waals surface area contributed by atoms with Gasteiger partial charge in [-0.2, -0.15) is 0 Å². The standard InChI is InChI=1S/C18H22BrNO2S.C13H19NO2.C5H3BrOS.CH4.Ac.H2O/c1-18(2,3)22-17(21)15(11-13-7-5-4-6-8-13)20-12-16-14(19)9-10-23-16;1-13(2,3)16-12(15)11(14)9-10-7-5-4-6-8-10;6-4-1-2-8-5(4)3-7;;;/h4-10,15,20H,11-12H2,1-3H3;4-8,11H,9,14H2,1-3H3;1-3H;1H4;;1H2/t15-;11-;;;;/m00..../s1. The van der Waals surface area contributed by atoms with E-state index < -0.39 is 17.2 Å². The Balaban J connectivity index is 0. The van der Waals surface area contributed by atoms with Crippen LogP contribution in [0.5, 0.6) is 0 Å². The van der Waals surface area contributed by atoms with E-state index >= 15 is 0 Å². The Morgan fingerprint density at radius 3 is 1.64 bits per heavy atom. The number of halogens is 2. The van der Waals surface area contributed by atoms with Gasteiger partial charge >= 0.3 is 11.9 Å². The molecule has 0 aliphatic heterocycles. The topological polar surface area (TPSA) is 139 Å². The molecule has 0 saturated carbocycles. The minimum Gasteiger partial charge on any atom is -0.459 e. The summed E-state index contributed by atoms with van der Waals surface area (Å²) >= 11 is 9.82. The Labute approximate surface area is 358 Å². The third-order valence-electron chi connectivity index (χ3n) is 5.93. The van der Waals surface area contributed by atoms with E-state index in [9.17, 15) is 14.4 Å². The molecule has 4 rings (SSSR count). The third-order valence-corrected chi connectivity index (χ3v) is 9.66. The molecule has 1 radical (unpaired) electrons. The summed E-state index contributed by atoms with van der Waals surface area (Å²) in [5, 5.41) is 7.24. The van der Waals surface area contributed by atoms with Crippen molar-refractivity contribution in [1.29, 1.82) is 0 Å². The van der Waals surface area contributed by atoms with Crippen LogP contribution in [-0.2, 0) is 38.4 Å². The average Bonchev–Trinajstić information content (AvgIpc) is 3.61. The first kappa shape index (κ1) is 50.8. The second-order valence-electron chi connectivity index (χ2n) is 12.4. The second kappa shape index (κ2) is 25.7. The van der Waals surface area contributed by atoms with Gasteiger partial charge in [-0.15, -0.1) is 22.7 Å². The molecule has 0 fully saturated rings. The molecule has 2 aromatic heterocycles. The van der Waals surface area contributed by atoms with Crippen molar-refractivity contribution >= 4 is 72.8 Å². The number of carbonyl (C=O) groups excluding carboxylic acids is 3. The number of rotatable bonds is 10. The zero-order valence-electron chi connectivity index (χ0n) is 28.7. The maximum Gasteiger partial charge on any atom is 0.324 e. The SMILES string of the molecule is C.CC(C)(C)OC(=O)[C@@H](N)Cc1ccccc1.CC(C)(C)OC(=O)[C@H](Cc1ccccc1)NCc1sccc1Br.O.O=Cc1sccc1Br.[Ac]. The van der Waals surface area contributed by atoms with Crippen molar-refractivity contribution in [2.75, 3.05) is 0 Å². The van der Waals surface area contributed by atoms with E-state index in [1.165, 1.54) is 16.2 Å². The van der Waals surface area contributed by atoms with Crippen molar-refractivity contribution in [3.63, 3.8) is 0 Å². The van der Waals surface area contributed by atoms with Gasteiger partial charge in [-0.25, -0.2) is 0 Å². The molecular formula is C37H50AcBr2N2O6S2. The molecule has 5 N–H and O–H groups in total. The minimum atomic E-state index is -0.596. The van der Waals surface area contributed by atoms with Gasteiger partial charge < -0.3 is 20.7 Å². The van der Waals surface area contributed by atoms with Gasteiger partial charge in [-0.3, -0.25) is 19.7 Å². The number of nitrogens with one attached hydrogen (secondary N) is 1. The third kappa shape index (κ3) is 21.3. The summed E-state index contributed by atoms with van der Waals surface area (Å²) in [6.45, 7) is 11.8. The Morgan fingerprint density at radius 1 is 0.780 bits per heavy atom. The molecule has 2 atom stereocenters. The first-order valence-corrected chi connectivity index (χ1v) is 18.3. The molecule has 8 nitrogen and oxygen atoms in total. The maximum atomic E-state index is 12.5. The number of esters is 2. The molecule has 0 saturated heterocycles. The molecule has 0 aliphatic rings. The van der Waals surface area contributed by atoms with Gasteiger partial charge in [-0.05, 0) is 120 Å². The quantitative estimate of drug-likeness (QED) is 0.120. The van der Waals surface area contributed by atoms with Gasteiger partial charge in [0.25, 0.3) is 0 Å². The predicted molar refractivity (Wildman–Crippen MR) is 210 cm³/mol. The van der Waals surface area contributed by atoms with E-state index in [0.29, 0.717) is 19.4 Å². The normalized spacial score (nSPS) is 11.6. The van der Waals surface area contributed by atoms with Crippen LogP contribution in [0.15, 0.2) is 92.5 Å². The van der Waals surface area contributed by atoms with Gasteiger partial charge in [0.2, 0.25) is 0 Å². The van der Waals surface area contributed by atoms with Crippen molar-refractivity contribution in [2.24, 2.45) is 5.73 Å². The zero-order valence-corrected chi connectivity index (χ0v) is 38.3. The molecule has 0 unspecified atom stereocenters. The monoisotopic (exact) mass is 1070 g/mol. The van der Waals surface area contributed by atoms with Crippen LogP contribution in [-0.4, -0.2) is 47.0 Å². The first-order chi connectivity index (χ1) is 22.1. The number of ether oxygens (including phenoxy) is 2. The van der Waals surface area contributed by atoms with E-state index in [0.717, 1.165) is 31.2 Å². The Hall–Kier alpha value is -1.27. The van der Waals surface area contributed by atoms with Crippen LogP contribution >= 0.6 is 54.5 Å². The minimum absolute atomic E-state index is 0. The Morgan fingerprint density at radius 2 is 1.24 bits per heavy atom. The molecule has 0 amide bonds. The average molecular weight is 1070 g/mol. The fraction of sp³-hybridized carbons (Fsp3) is 0.378. The van der Waals surface area contributed by atoms with Crippen molar-refractivity contribution in [3.05, 3.63) is 113 Å². The zero-order chi connectivity index (χ0) is 35.0. The molecule has 50 heavy (non-hydrogen) atoms. The summed E-state index contributed by atoms with van der Waals surface area (Å²) in [6.07, 6.45) is 1.96. The predicted octanol–water partition coefficient (Wildman–Crippen LogP) is 8.59. The molecule has 13 heteroatoms. The molecular weight excluding hydrogens is 1020 g/mol. The fourth-order valence-corrected chi connectivity index (χ4v) is 6.56. The van der Waals surface area contributed by atoms with E-state index in [1.807, 2.05) is 125 Å². The van der Waals surface area contributed by atoms with Crippen molar-refractivity contribution in [3.8, 4) is 0 Å². The second-order valence-corrected chi connectivity index (χ2v) is 16.1. The van der Waals surface area contributed by atoms with Crippen molar-refractivity contribution < 1.29 is 73.4 Å². The van der Waals surface area contributed by atoms with E-state index in [2.05, 4.69) is 37.2 Å². The van der Waals surface area contributed by atoms with Crippen LogP contribution in [0.2, 0.25) is 0 Å². The number of nitrogens with two attached hydrogens (primary N) is 1. The summed E-state index contributed by atoms with van der Waals surface area (Å²) in [7, 11) is 0. The van der Waals surface area contributed by atoms with E-state index in [4.69, 9.17) is 15.2 Å². The van der Waals surface area contributed by atoms with Gasteiger partial charge in [0.15, 0.2) is 6.29 Å². The summed E-state index contributed by atoms with van der Waals surface area (Å²) in [5.41, 5.74) is 6.97. The maximum absolute atomic E-state index is 12.5. The molecule has 0 bridgehead atoms. The number of hydrogen-bond acceptors (Lipinski definition) is 9. The van der Waals surface area contributed by atoms with Crippen LogP contribution < -0.4 is 11.1 Å². The van der Waals surface area contributed by atoms with E-state index in [1.54, 1.807) is 11.3 Å². The number of thiophene rings is 2. The van der Waals surface area contributed by atoms with E-state index in [-0.39, 0.29) is 74.9 Å². The number of aldehydes is 1.